The van der Waals surface area contributed by atoms with Crippen LogP contribution in [0.3, 0.4) is 0 Å². The molecule has 1 aliphatic rings. The minimum Gasteiger partial charge on any atom is -0.391 e. The van der Waals surface area contributed by atoms with Crippen LogP contribution in [-0.2, 0) is 4.79 Å². The van der Waals surface area contributed by atoms with E-state index in [9.17, 15) is 19.1 Å². The average molecular weight is 345 g/mol. The second-order valence-electron chi connectivity index (χ2n) is 6.36. The van der Waals surface area contributed by atoms with Crippen LogP contribution in [-0.4, -0.2) is 45.1 Å². The van der Waals surface area contributed by atoms with Crippen molar-refractivity contribution in [2.45, 2.75) is 32.4 Å². The molecule has 7 heteroatoms. The zero-order valence-corrected chi connectivity index (χ0v) is 14.1. The molecule has 3 N–H and O–H groups in total. The second-order valence-corrected chi connectivity index (χ2v) is 6.36. The highest BCUT2D eigenvalue weighted by Crippen LogP contribution is 2.26. The van der Waals surface area contributed by atoms with Crippen LogP contribution in [0.15, 0.2) is 30.3 Å². The van der Waals surface area contributed by atoms with Gasteiger partial charge >= 0.3 is 0 Å². The number of β-amino-alcohol motifs (C(OH)–C–C–N with tert-alkyl or cyclic N) is 1. The molecule has 1 aromatic carbocycles. The fourth-order valence-corrected chi connectivity index (χ4v) is 3.43. The number of hydrogen-bond donors (Lipinski definition) is 2. The van der Waals surface area contributed by atoms with Crippen molar-refractivity contribution in [1.29, 1.82) is 0 Å². The van der Waals surface area contributed by atoms with Crippen LogP contribution in [0.25, 0.3) is 5.69 Å². The Balaban J connectivity index is 1.98. The third-order valence-corrected chi connectivity index (χ3v) is 4.61. The fraction of sp³-hybridized carbons (Fsp3) is 0.333. The van der Waals surface area contributed by atoms with Crippen LogP contribution in [0.2, 0.25) is 0 Å². The van der Waals surface area contributed by atoms with Gasteiger partial charge in [0.05, 0.1) is 11.7 Å². The lowest BCUT2D eigenvalue weighted by Gasteiger charge is -2.22. The van der Waals surface area contributed by atoms with Gasteiger partial charge in [-0.1, -0.05) is 0 Å². The summed E-state index contributed by atoms with van der Waals surface area (Å²) in [7, 11) is 0. The van der Waals surface area contributed by atoms with Gasteiger partial charge in [0, 0.05) is 30.0 Å². The standard InChI is InChI=1S/C18H20FN3O3/c1-10-7-15(11(2)22(10)13-5-3-12(19)4-6-13)18(25)21-9-14(23)8-16(21)17(20)24/h3-7,14,16,23H,8-9H2,1-2H3,(H2,20,24). The number of amides is 2. The zero-order chi connectivity index (χ0) is 18.3. The molecule has 2 aromatic rings. The molecule has 1 aliphatic heterocycles. The number of hydrogen-bond acceptors (Lipinski definition) is 3. The molecule has 3 rings (SSSR count). The van der Waals surface area contributed by atoms with Crippen molar-refractivity contribution < 1.29 is 19.1 Å². The minimum atomic E-state index is -0.809. The number of benzene rings is 1. The first-order chi connectivity index (χ1) is 11.8. The number of aliphatic hydroxyl groups excluding tert-OH is 1. The number of aliphatic hydroxyl groups is 1. The molecule has 2 amide bonds. The molecule has 0 aliphatic carbocycles. The summed E-state index contributed by atoms with van der Waals surface area (Å²) in [5.74, 6) is -1.31. The van der Waals surface area contributed by atoms with Gasteiger partial charge in [-0.3, -0.25) is 9.59 Å². The van der Waals surface area contributed by atoms with E-state index in [1.54, 1.807) is 25.1 Å². The van der Waals surface area contributed by atoms with Crippen LogP contribution < -0.4 is 5.73 Å². The Bertz CT molecular complexity index is 829. The summed E-state index contributed by atoms with van der Waals surface area (Å²) < 4.78 is 15.0. The number of aromatic nitrogens is 1. The van der Waals surface area contributed by atoms with Gasteiger partial charge in [0.2, 0.25) is 5.91 Å². The molecule has 25 heavy (non-hydrogen) atoms. The van der Waals surface area contributed by atoms with Crippen LogP contribution >= 0.6 is 0 Å². The van der Waals surface area contributed by atoms with Crippen LogP contribution in [0, 0.1) is 19.7 Å². The molecule has 132 valence electrons. The average Bonchev–Trinajstić information content (AvgIpc) is 3.08. The van der Waals surface area contributed by atoms with Gasteiger partial charge in [-0.05, 0) is 44.2 Å². The van der Waals surface area contributed by atoms with E-state index in [1.807, 2.05) is 11.5 Å². The first-order valence-corrected chi connectivity index (χ1v) is 8.03. The molecular weight excluding hydrogens is 325 g/mol. The summed E-state index contributed by atoms with van der Waals surface area (Å²) in [6.07, 6.45) is -0.611. The highest BCUT2D eigenvalue weighted by atomic mass is 19.1. The maximum atomic E-state index is 13.2. The smallest absolute Gasteiger partial charge is 0.256 e. The van der Waals surface area contributed by atoms with Crippen molar-refractivity contribution in [2.75, 3.05) is 6.54 Å². The van der Waals surface area contributed by atoms with E-state index in [2.05, 4.69) is 0 Å². The summed E-state index contributed by atoms with van der Waals surface area (Å²) in [6.45, 7) is 3.71. The van der Waals surface area contributed by atoms with Crippen molar-refractivity contribution in [2.24, 2.45) is 5.73 Å². The molecule has 1 saturated heterocycles. The molecule has 0 spiro atoms. The number of nitrogens with zero attached hydrogens (tertiary/aromatic N) is 2. The lowest BCUT2D eigenvalue weighted by atomic mass is 10.1. The highest BCUT2D eigenvalue weighted by molar-refractivity contribution is 5.99. The van der Waals surface area contributed by atoms with Gasteiger partial charge < -0.3 is 20.3 Å². The van der Waals surface area contributed by atoms with E-state index in [1.165, 1.54) is 17.0 Å². The van der Waals surface area contributed by atoms with Crippen molar-refractivity contribution in [1.82, 2.24) is 9.47 Å². The van der Waals surface area contributed by atoms with E-state index in [-0.39, 0.29) is 24.7 Å². The molecule has 2 atom stereocenters. The normalized spacial score (nSPS) is 20.1. The third kappa shape index (κ3) is 3.02. The van der Waals surface area contributed by atoms with Crippen LogP contribution in [0.1, 0.15) is 28.2 Å². The number of carbonyl (C=O) groups is 2. The van der Waals surface area contributed by atoms with Crippen LogP contribution in [0.5, 0.6) is 0 Å². The Morgan fingerprint density at radius 1 is 1.24 bits per heavy atom. The number of carbonyl (C=O) groups excluding carboxylic acids is 2. The molecule has 0 bridgehead atoms. The number of likely N-dealkylation sites (tertiary alicyclic amines) is 1. The van der Waals surface area contributed by atoms with Gasteiger partial charge in [-0.25, -0.2) is 4.39 Å². The Kier molecular flexibility index (Phi) is 4.34. The zero-order valence-electron chi connectivity index (χ0n) is 14.1. The Hall–Kier alpha value is -2.67. The van der Waals surface area contributed by atoms with E-state index < -0.39 is 18.1 Å². The van der Waals surface area contributed by atoms with Crippen molar-refractivity contribution in [3.8, 4) is 5.69 Å². The molecule has 0 saturated carbocycles. The van der Waals surface area contributed by atoms with E-state index >= 15 is 0 Å². The first kappa shape index (κ1) is 17.2. The Labute approximate surface area is 144 Å². The summed E-state index contributed by atoms with van der Waals surface area (Å²) in [5, 5.41) is 9.81. The number of aryl methyl sites for hydroxylation is 1. The predicted molar refractivity (Wildman–Crippen MR) is 89.8 cm³/mol. The SMILES string of the molecule is Cc1cc(C(=O)N2CC(O)CC2C(N)=O)c(C)n1-c1ccc(F)cc1. The second kappa shape index (κ2) is 6.33. The van der Waals surface area contributed by atoms with Gasteiger partial charge in [0.25, 0.3) is 5.91 Å². The molecule has 1 fully saturated rings. The van der Waals surface area contributed by atoms with E-state index in [0.29, 0.717) is 11.3 Å². The molecule has 1 aromatic heterocycles. The van der Waals surface area contributed by atoms with Crippen molar-refractivity contribution in [3.05, 3.63) is 53.1 Å². The van der Waals surface area contributed by atoms with Gasteiger partial charge in [-0.15, -0.1) is 0 Å². The number of rotatable bonds is 3. The maximum absolute atomic E-state index is 13.2. The fourth-order valence-electron chi connectivity index (χ4n) is 3.43. The van der Waals surface area contributed by atoms with E-state index in [4.69, 9.17) is 5.73 Å². The monoisotopic (exact) mass is 345 g/mol. The lowest BCUT2D eigenvalue weighted by molar-refractivity contribution is -0.121. The minimum absolute atomic E-state index is 0.0760. The number of primary amides is 1. The van der Waals surface area contributed by atoms with Gasteiger partial charge in [0.1, 0.15) is 11.9 Å². The number of nitrogens with two attached hydrogens (primary N) is 1. The van der Waals surface area contributed by atoms with Crippen molar-refractivity contribution in [3.63, 3.8) is 0 Å². The number of halogens is 1. The largest absolute Gasteiger partial charge is 0.391 e. The molecule has 2 heterocycles. The molecular formula is C18H20FN3O3. The highest BCUT2D eigenvalue weighted by Gasteiger charge is 2.39. The Morgan fingerprint density at radius 3 is 2.48 bits per heavy atom. The summed E-state index contributed by atoms with van der Waals surface area (Å²) in [6, 6.07) is 6.90. The first-order valence-electron chi connectivity index (χ1n) is 8.03. The maximum Gasteiger partial charge on any atom is 0.256 e. The van der Waals surface area contributed by atoms with E-state index in [0.717, 1.165) is 11.4 Å². The topological polar surface area (TPSA) is 88.6 Å². The third-order valence-electron chi connectivity index (χ3n) is 4.61. The summed E-state index contributed by atoms with van der Waals surface area (Å²) in [5.41, 5.74) is 8.02. The molecule has 2 unspecified atom stereocenters. The molecule has 6 nitrogen and oxygen atoms in total. The van der Waals surface area contributed by atoms with Gasteiger partial charge in [0.15, 0.2) is 0 Å². The Morgan fingerprint density at radius 2 is 1.88 bits per heavy atom. The summed E-state index contributed by atoms with van der Waals surface area (Å²) in [4.78, 5) is 25.8. The van der Waals surface area contributed by atoms with Crippen molar-refractivity contribution >= 4 is 11.8 Å². The van der Waals surface area contributed by atoms with Crippen LogP contribution in [0.4, 0.5) is 4.39 Å². The van der Waals surface area contributed by atoms with Gasteiger partial charge in [-0.2, -0.15) is 0 Å². The predicted octanol–water partition coefficient (Wildman–Crippen LogP) is 1.29. The molecule has 0 radical (unpaired) electrons. The summed E-state index contributed by atoms with van der Waals surface area (Å²) >= 11 is 0. The lowest BCUT2D eigenvalue weighted by Crippen LogP contribution is -2.43. The quantitative estimate of drug-likeness (QED) is 0.879.